The highest BCUT2D eigenvalue weighted by atomic mass is 32.2. The number of hydrogen-bond donors (Lipinski definition) is 3. The van der Waals surface area contributed by atoms with E-state index in [1.54, 1.807) is 42.5 Å². The molecule has 0 spiro atoms. The molecule has 0 aliphatic rings. The molecular weight excluding hydrogens is 437 g/mol. The molecule has 4 aromatic rings. The summed E-state index contributed by atoms with van der Waals surface area (Å²) in [6.45, 7) is 0. The molecule has 0 aliphatic carbocycles. The van der Waals surface area contributed by atoms with E-state index < -0.39 is 10.0 Å². The Morgan fingerprint density at radius 2 is 1.42 bits per heavy atom. The number of fused-ring (bicyclic) bond motifs is 1. The standard InChI is InChI=1S/C21H16FN5O2S2/c22-14-5-7-15(8-6-14)24-21(30)25-16-9-11-17(12-10-16)31(28,29)27-20-13-23-18-3-1-2-4-19(18)26-20/h1-13H,(H,26,27)(H2,24,25,30). The molecule has 0 atom stereocenters. The smallest absolute Gasteiger partial charge is 0.263 e. The zero-order chi connectivity index (χ0) is 21.8. The fourth-order valence-corrected chi connectivity index (χ4v) is 3.97. The number of aromatic nitrogens is 2. The molecule has 0 bridgehead atoms. The normalized spacial score (nSPS) is 11.1. The fourth-order valence-electron chi connectivity index (χ4n) is 2.75. The van der Waals surface area contributed by atoms with Gasteiger partial charge in [0, 0.05) is 11.4 Å². The van der Waals surface area contributed by atoms with Crippen LogP contribution in [-0.4, -0.2) is 23.5 Å². The van der Waals surface area contributed by atoms with Crippen LogP contribution in [0.4, 0.5) is 21.6 Å². The lowest BCUT2D eigenvalue weighted by Crippen LogP contribution is -2.19. The molecule has 0 radical (unpaired) electrons. The van der Waals surface area contributed by atoms with Crippen molar-refractivity contribution >= 4 is 55.6 Å². The molecule has 3 aromatic carbocycles. The van der Waals surface area contributed by atoms with Crippen LogP contribution in [0.5, 0.6) is 0 Å². The molecule has 7 nitrogen and oxygen atoms in total. The van der Waals surface area contributed by atoms with Crippen LogP contribution in [0.15, 0.2) is 83.9 Å². The van der Waals surface area contributed by atoms with E-state index in [1.165, 1.54) is 30.5 Å². The third-order valence-electron chi connectivity index (χ3n) is 4.21. The minimum atomic E-state index is -3.84. The number of anilines is 3. The number of hydrogen-bond acceptors (Lipinski definition) is 5. The minimum absolute atomic E-state index is 0.0606. The Morgan fingerprint density at radius 3 is 2.06 bits per heavy atom. The second kappa shape index (κ2) is 8.62. The SMILES string of the molecule is O=S(=O)(Nc1cnc2ccccc2n1)c1ccc(NC(=S)Nc2ccc(F)cc2)cc1. The molecule has 4 rings (SSSR count). The molecular formula is C21H16FN5O2S2. The predicted molar refractivity (Wildman–Crippen MR) is 123 cm³/mol. The van der Waals surface area contributed by atoms with E-state index in [2.05, 4.69) is 25.3 Å². The van der Waals surface area contributed by atoms with Crippen molar-refractivity contribution in [3.05, 3.63) is 84.8 Å². The van der Waals surface area contributed by atoms with Crippen molar-refractivity contribution in [3.8, 4) is 0 Å². The van der Waals surface area contributed by atoms with Gasteiger partial charge in [0.2, 0.25) is 0 Å². The summed E-state index contributed by atoms with van der Waals surface area (Å²) in [4.78, 5) is 8.54. The Hall–Kier alpha value is -3.63. The highest BCUT2D eigenvalue weighted by molar-refractivity contribution is 7.92. The highest BCUT2D eigenvalue weighted by Gasteiger charge is 2.15. The van der Waals surface area contributed by atoms with Gasteiger partial charge in [-0.2, -0.15) is 0 Å². The fraction of sp³-hybridized carbons (Fsp3) is 0. The Morgan fingerprint density at radius 1 is 0.839 bits per heavy atom. The summed E-state index contributed by atoms with van der Waals surface area (Å²) in [6, 6.07) is 19.0. The van der Waals surface area contributed by atoms with Crippen LogP contribution < -0.4 is 15.4 Å². The topological polar surface area (TPSA) is 96.0 Å². The van der Waals surface area contributed by atoms with E-state index in [0.29, 0.717) is 22.4 Å². The van der Waals surface area contributed by atoms with Crippen LogP contribution in [-0.2, 0) is 10.0 Å². The van der Waals surface area contributed by atoms with Gasteiger partial charge in [-0.25, -0.2) is 17.8 Å². The van der Waals surface area contributed by atoms with Crippen LogP contribution in [0.1, 0.15) is 0 Å². The van der Waals surface area contributed by atoms with E-state index in [1.807, 2.05) is 6.07 Å². The van der Waals surface area contributed by atoms with Gasteiger partial charge in [-0.3, -0.25) is 9.71 Å². The largest absolute Gasteiger partial charge is 0.332 e. The molecule has 156 valence electrons. The maximum absolute atomic E-state index is 13.0. The van der Waals surface area contributed by atoms with Gasteiger partial charge in [0.1, 0.15) is 5.82 Å². The third-order valence-corrected chi connectivity index (χ3v) is 5.79. The number of nitrogens with one attached hydrogen (secondary N) is 3. The maximum atomic E-state index is 13.0. The van der Waals surface area contributed by atoms with Crippen molar-refractivity contribution in [1.29, 1.82) is 0 Å². The molecule has 1 heterocycles. The highest BCUT2D eigenvalue weighted by Crippen LogP contribution is 2.19. The summed E-state index contributed by atoms with van der Waals surface area (Å²) in [5, 5.41) is 6.14. The first-order valence-electron chi connectivity index (χ1n) is 9.07. The Kier molecular flexibility index (Phi) is 5.74. The maximum Gasteiger partial charge on any atom is 0.263 e. The van der Waals surface area contributed by atoms with Crippen molar-refractivity contribution in [2.45, 2.75) is 4.90 Å². The lowest BCUT2D eigenvalue weighted by atomic mass is 10.3. The van der Waals surface area contributed by atoms with Gasteiger partial charge in [0.25, 0.3) is 10.0 Å². The number of sulfonamides is 1. The van der Waals surface area contributed by atoms with E-state index in [4.69, 9.17) is 12.2 Å². The van der Waals surface area contributed by atoms with E-state index in [9.17, 15) is 12.8 Å². The van der Waals surface area contributed by atoms with Crippen molar-refractivity contribution in [2.24, 2.45) is 0 Å². The van der Waals surface area contributed by atoms with Crippen molar-refractivity contribution in [1.82, 2.24) is 9.97 Å². The zero-order valence-corrected chi connectivity index (χ0v) is 17.5. The summed E-state index contributed by atoms with van der Waals surface area (Å²) in [5.74, 6) is -0.213. The Balaban J connectivity index is 1.43. The summed E-state index contributed by atoms with van der Waals surface area (Å²) in [6.07, 6.45) is 1.37. The van der Waals surface area contributed by atoms with Gasteiger partial charge >= 0.3 is 0 Å². The van der Waals surface area contributed by atoms with Gasteiger partial charge in [0.05, 0.1) is 22.1 Å². The van der Waals surface area contributed by atoms with Crippen LogP contribution in [0.3, 0.4) is 0 Å². The van der Waals surface area contributed by atoms with Gasteiger partial charge < -0.3 is 10.6 Å². The number of benzene rings is 3. The predicted octanol–water partition coefficient (Wildman–Crippen LogP) is 4.38. The molecule has 3 N–H and O–H groups in total. The lowest BCUT2D eigenvalue weighted by molar-refractivity contribution is 0.601. The number of halogens is 1. The Labute approximate surface area is 183 Å². The average Bonchev–Trinajstić information content (AvgIpc) is 2.75. The second-order valence-corrected chi connectivity index (χ2v) is 8.55. The van der Waals surface area contributed by atoms with Gasteiger partial charge in [-0.05, 0) is 72.9 Å². The third kappa shape index (κ3) is 5.11. The number of nitrogens with zero attached hydrogens (tertiary/aromatic N) is 2. The molecule has 0 unspecified atom stereocenters. The first-order chi connectivity index (χ1) is 14.9. The molecule has 0 amide bonds. The average molecular weight is 454 g/mol. The first-order valence-corrected chi connectivity index (χ1v) is 11.0. The van der Waals surface area contributed by atoms with Gasteiger partial charge in [-0.1, -0.05) is 12.1 Å². The second-order valence-electron chi connectivity index (χ2n) is 6.46. The Bertz CT molecular complexity index is 1340. The molecule has 0 fully saturated rings. The monoisotopic (exact) mass is 453 g/mol. The minimum Gasteiger partial charge on any atom is -0.332 e. The van der Waals surface area contributed by atoms with Crippen LogP contribution in [0, 0.1) is 5.82 Å². The number of para-hydroxylation sites is 2. The quantitative estimate of drug-likeness (QED) is 0.386. The van der Waals surface area contributed by atoms with E-state index in [-0.39, 0.29) is 21.6 Å². The van der Waals surface area contributed by atoms with Crippen LogP contribution >= 0.6 is 12.2 Å². The molecule has 0 aliphatic heterocycles. The van der Waals surface area contributed by atoms with Gasteiger partial charge in [-0.15, -0.1) is 0 Å². The van der Waals surface area contributed by atoms with Crippen molar-refractivity contribution < 1.29 is 12.8 Å². The van der Waals surface area contributed by atoms with E-state index in [0.717, 1.165) is 0 Å². The summed E-state index contributed by atoms with van der Waals surface area (Å²) >= 11 is 5.22. The summed E-state index contributed by atoms with van der Waals surface area (Å²) in [7, 11) is -3.84. The molecule has 0 saturated heterocycles. The molecule has 1 aromatic heterocycles. The summed E-state index contributed by atoms with van der Waals surface area (Å²) in [5.41, 5.74) is 2.47. The first kappa shape index (κ1) is 20.6. The van der Waals surface area contributed by atoms with Crippen molar-refractivity contribution in [2.75, 3.05) is 15.4 Å². The lowest BCUT2D eigenvalue weighted by Gasteiger charge is -2.12. The van der Waals surface area contributed by atoms with E-state index >= 15 is 0 Å². The molecule has 31 heavy (non-hydrogen) atoms. The number of thiocarbonyl (C=S) groups is 1. The summed E-state index contributed by atoms with van der Waals surface area (Å²) < 4.78 is 40.8. The zero-order valence-electron chi connectivity index (χ0n) is 15.9. The number of rotatable bonds is 5. The van der Waals surface area contributed by atoms with Crippen LogP contribution in [0.2, 0.25) is 0 Å². The van der Waals surface area contributed by atoms with Crippen LogP contribution in [0.25, 0.3) is 11.0 Å². The molecule has 10 heteroatoms. The van der Waals surface area contributed by atoms with Crippen molar-refractivity contribution in [3.63, 3.8) is 0 Å². The van der Waals surface area contributed by atoms with Gasteiger partial charge in [0.15, 0.2) is 10.9 Å². The molecule has 0 saturated carbocycles.